The van der Waals surface area contributed by atoms with Gasteiger partial charge in [0.15, 0.2) is 0 Å². The Morgan fingerprint density at radius 1 is 1.00 bits per heavy atom. The second-order valence-corrected chi connectivity index (χ2v) is 9.37. The smallest absolute Gasteiger partial charge is 0.409 e. The van der Waals surface area contributed by atoms with Crippen molar-refractivity contribution in [3.05, 3.63) is 85.1 Å². The zero-order valence-corrected chi connectivity index (χ0v) is 21.6. The first-order chi connectivity index (χ1) is 18.3. The number of carbonyl (C=O) groups is 1. The molecule has 0 saturated carbocycles. The van der Waals surface area contributed by atoms with Crippen LogP contribution in [-0.4, -0.2) is 54.1 Å². The summed E-state index contributed by atoms with van der Waals surface area (Å²) in [5, 5.41) is 22.9. The number of hydrogen-bond acceptors (Lipinski definition) is 10. The lowest BCUT2D eigenvalue weighted by Gasteiger charge is -2.21. The van der Waals surface area contributed by atoms with Crippen LogP contribution >= 0.6 is 11.3 Å². The molecule has 3 aromatic rings. The molecule has 0 aliphatic carbocycles. The van der Waals surface area contributed by atoms with E-state index in [1.165, 1.54) is 4.90 Å². The van der Waals surface area contributed by atoms with Gasteiger partial charge in [-0.2, -0.15) is 0 Å². The lowest BCUT2D eigenvalue weighted by Crippen LogP contribution is -2.29. The second-order valence-electron chi connectivity index (χ2n) is 8.39. The van der Waals surface area contributed by atoms with Gasteiger partial charge in [-0.3, -0.25) is 0 Å². The van der Waals surface area contributed by atoms with Gasteiger partial charge >= 0.3 is 6.09 Å². The van der Waals surface area contributed by atoms with Crippen LogP contribution in [0.15, 0.2) is 60.0 Å². The van der Waals surface area contributed by atoms with Gasteiger partial charge in [0.2, 0.25) is 0 Å². The molecular formula is C25H29N3O9S. The number of carbonyl (C=O) groups excluding carboxylic acids is 1. The predicted octanol–water partition coefficient (Wildman–Crippen LogP) is 5.44. The number of benzene rings is 2. The highest BCUT2D eigenvalue weighted by atomic mass is 32.1. The molecule has 1 aromatic heterocycles. The summed E-state index contributed by atoms with van der Waals surface area (Å²) >= 11 is 1.57. The van der Waals surface area contributed by atoms with Crippen LogP contribution in [0.25, 0.3) is 10.8 Å². The Balaban J connectivity index is 1.45. The van der Waals surface area contributed by atoms with Gasteiger partial charge in [0.25, 0.3) is 10.2 Å². The highest BCUT2D eigenvalue weighted by molar-refractivity contribution is 7.10. The highest BCUT2D eigenvalue weighted by Crippen LogP contribution is 2.32. The van der Waals surface area contributed by atoms with Crippen LogP contribution in [0.3, 0.4) is 0 Å². The van der Waals surface area contributed by atoms with Gasteiger partial charge in [-0.15, -0.1) is 31.6 Å². The Morgan fingerprint density at radius 3 is 2.53 bits per heavy atom. The number of amides is 1. The van der Waals surface area contributed by atoms with E-state index in [-0.39, 0.29) is 19.1 Å². The van der Waals surface area contributed by atoms with Gasteiger partial charge in [-0.1, -0.05) is 42.5 Å². The van der Waals surface area contributed by atoms with Crippen LogP contribution in [0.4, 0.5) is 4.79 Å². The molecule has 0 spiro atoms. The lowest BCUT2D eigenvalue weighted by molar-refractivity contribution is -0.790. The van der Waals surface area contributed by atoms with Crippen molar-refractivity contribution in [2.75, 3.05) is 26.8 Å². The fourth-order valence-corrected chi connectivity index (χ4v) is 4.58. The average molecular weight is 548 g/mol. The predicted molar refractivity (Wildman–Crippen MR) is 139 cm³/mol. The molecule has 0 saturated heterocycles. The Bertz CT molecular complexity index is 1190. The van der Waals surface area contributed by atoms with Gasteiger partial charge in [-0.05, 0) is 42.2 Å². The van der Waals surface area contributed by atoms with E-state index in [1.807, 2.05) is 60.0 Å². The molecule has 12 nitrogen and oxygen atoms in total. The Kier molecular flexibility index (Phi) is 10.9. The van der Waals surface area contributed by atoms with Crippen LogP contribution in [0.5, 0.6) is 5.75 Å². The molecule has 1 amide bonds. The second kappa shape index (κ2) is 14.6. The molecule has 2 atom stereocenters. The van der Waals surface area contributed by atoms with Crippen molar-refractivity contribution in [1.82, 2.24) is 4.90 Å². The largest absolute Gasteiger partial charge is 0.484 e. The summed E-state index contributed by atoms with van der Waals surface area (Å²) in [6, 6.07) is 17.8. The molecule has 0 bridgehead atoms. The van der Waals surface area contributed by atoms with E-state index in [2.05, 4.69) is 9.68 Å². The molecule has 1 heterocycles. The summed E-state index contributed by atoms with van der Waals surface area (Å²) in [6.45, 7) is -0.0629. The minimum Gasteiger partial charge on any atom is -0.484 e. The number of fused-ring (bicyclic) bond motifs is 1. The van der Waals surface area contributed by atoms with Crippen molar-refractivity contribution in [3.8, 4) is 5.75 Å². The molecule has 38 heavy (non-hydrogen) atoms. The van der Waals surface area contributed by atoms with Gasteiger partial charge in [0.05, 0.1) is 6.61 Å². The van der Waals surface area contributed by atoms with Gasteiger partial charge in [0, 0.05) is 30.3 Å². The molecule has 0 fully saturated rings. The minimum absolute atomic E-state index is 0.146. The van der Waals surface area contributed by atoms with Gasteiger partial charge in [0.1, 0.15) is 24.6 Å². The number of thiophene rings is 1. The van der Waals surface area contributed by atoms with Gasteiger partial charge < -0.3 is 24.0 Å². The quantitative estimate of drug-likeness (QED) is 0.130. The third kappa shape index (κ3) is 9.07. The van der Waals surface area contributed by atoms with Crippen molar-refractivity contribution in [3.63, 3.8) is 0 Å². The normalized spacial score (nSPS) is 12.3. The maximum atomic E-state index is 12.5. The van der Waals surface area contributed by atoms with Crippen LogP contribution in [-0.2, 0) is 14.4 Å². The third-order valence-corrected chi connectivity index (χ3v) is 6.63. The lowest BCUT2D eigenvalue weighted by atomic mass is 10.1. The van der Waals surface area contributed by atoms with E-state index in [1.54, 1.807) is 18.4 Å². The molecule has 0 aliphatic rings. The standard InChI is InChI=1S/C25H29N3O9S/c1-26(15-5-4-10-20(37-28(32)33)18-35-27(30)31)25(29)34-16-14-23(24-13-7-17-38-24)36-22-12-6-9-19-8-2-3-11-21(19)22/h2-3,6-9,11-13,17,20,23H,4-5,10,14-16,18H2,1H3/t20-,23-/m0/s1. The Morgan fingerprint density at radius 2 is 1.79 bits per heavy atom. The number of hydrogen-bond donors (Lipinski definition) is 0. The number of ether oxygens (including phenoxy) is 2. The molecule has 3 rings (SSSR count). The number of unbranched alkanes of at least 4 members (excludes halogenated alkanes) is 1. The molecule has 13 heteroatoms. The van der Waals surface area contributed by atoms with E-state index >= 15 is 0 Å². The highest BCUT2D eigenvalue weighted by Gasteiger charge is 2.19. The zero-order valence-electron chi connectivity index (χ0n) is 20.8. The Hall–Kier alpha value is -4.13. The first kappa shape index (κ1) is 28.4. The first-order valence-corrected chi connectivity index (χ1v) is 12.9. The molecule has 2 aromatic carbocycles. The fraction of sp³-hybridized carbons (Fsp3) is 0.400. The molecule has 0 unspecified atom stereocenters. The summed E-state index contributed by atoms with van der Waals surface area (Å²) in [5.74, 6) is 0.757. The SMILES string of the molecule is CN(CCCC[C@@H](CO[N+](=O)[O-])O[N+](=O)[O-])C(=O)OCC[C@H](Oc1cccc2ccccc12)c1cccs1. The summed E-state index contributed by atoms with van der Waals surface area (Å²) in [5.41, 5.74) is 0. The van der Waals surface area contributed by atoms with Crippen LogP contribution in [0.1, 0.15) is 36.7 Å². The van der Waals surface area contributed by atoms with Crippen molar-refractivity contribution in [2.45, 2.75) is 37.9 Å². The van der Waals surface area contributed by atoms with E-state index in [0.29, 0.717) is 25.8 Å². The first-order valence-electron chi connectivity index (χ1n) is 12.0. The van der Waals surface area contributed by atoms with Crippen LogP contribution in [0.2, 0.25) is 0 Å². The maximum Gasteiger partial charge on any atom is 0.409 e. The number of nitrogens with zero attached hydrogens (tertiary/aromatic N) is 3. The number of rotatable bonds is 16. The summed E-state index contributed by atoms with van der Waals surface area (Å²) in [7, 11) is 1.59. The van der Waals surface area contributed by atoms with E-state index in [9.17, 15) is 25.0 Å². The van der Waals surface area contributed by atoms with Crippen molar-refractivity contribution in [1.29, 1.82) is 0 Å². The molecule has 0 radical (unpaired) electrons. The van der Waals surface area contributed by atoms with Gasteiger partial charge in [-0.25, -0.2) is 4.79 Å². The fourth-order valence-electron chi connectivity index (χ4n) is 3.79. The average Bonchev–Trinajstić information content (AvgIpc) is 3.43. The van der Waals surface area contributed by atoms with E-state index < -0.39 is 29.0 Å². The van der Waals surface area contributed by atoms with Crippen LogP contribution < -0.4 is 4.74 Å². The topological polar surface area (TPSA) is 144 Å². The summed E-state index contributed by atoms with van der Waals surface area (Å²) in [4.78, 5) is 44.3. The Labute approximate surface area is 222 Å². The summed E-state index contributed by atoms with van der Waals surface area (Å²) < 4.78 is 11.8. The van der Waals surface area contributed by atoms with Crippen molar-refractivity contribution in [2.24, 2.45) is 0 Å². The molecule has 204 valence electrons. The van der Waals surface area contributed by atoms with Crippen molar-refractivity contribution >= 4 is 28.2 Å². The zero-order chi connectivity index (χ0) is 27.3. The molecule has 0 aliphatic heterocycles. The van der Waals surface area contributed by atoms with E-state index in [0.717, 1.165) is 21.4 Å². The summed E-state index contributed by atoms with van der Waals surface area (Å²) in [6.07, 6.45) is -0.330. The van der Waals surface area contributed by atoms with E-state index in [4.69, 9.17) is 9.47 Å². The minimum atomic E-state index is -1.07. The monoisotopic (exact) mass is 547 g/mol. The van der Waals surface area contributed by atoms with Crippen molar-refractivity contribution < 1.29 is 34.1 Å². The third-order valence-electron chi connectivity index (χ3n) is 5.67. The maximum absolute atomic E-state index is 12.5. The van der Waals surface area contributed by atoms with Crippen LogP contribution in [0, 0.1) is 20.2 Å². The molecular weight excluding hydrogens is 518 g/mol. The molecule has 0 N–H and O–H groups in total.